The lowest BCUT2D eigenvalue weighted by Crippen LogP contribution is -2.14. The number of sulfonamides is 1. The number of hydrogen-bond acceptors (Lipinski definition) is 3. The third-order valence-corrected chi connectivity index (χ3v) is 3.94. The molecule has 2 rings (SSSR count). The van der Waals surface area contributed by atoms with E-state index in [2.05, 4.69) is 4.72 Å². The third-order valence-electron chi connectivity index (χ3n) is 2.59. The van der Waals surface area contributed by atoms with E-state index in [1.165, 1.54) is 18.2 Å². The zero-order chi connectivity index (χ0) is 14.0. The summed E-state index contributed by atoms with van der Waals surface area (Å²) in [5.41, 5.74) is 0.659. The molecule has 0 saturated carbocycles. The van der Waals surface area contributed by atoms with Crippen molar-refractivity contribution >= 4 is 15.7 Å². The molecule has 0 unspecified atom stereocenters. The second-order valence-electron chi connectivity index (χ2n) is 4.03. The van der Waals surface area contributed by atoms with Crippen LogP contribution in [0.5, 0.6) is 5.75 Å². The molecule has 19 heavy (non-hydrogen) atoms. The molecule has 0 atom stereocenters. The van der Waals surface area contributed by atoms with Crippen molar-refractivity contribution in [1.82, 2.24) is 0 Å². The number of rotatable bonds is 3. The van der Waals surface area contributed by atoms with Crippen LogP contribution in [0.15, 0.2) is 47.4 Å². The maximum absolute atomic E-state index is 13.1. The highest BCUT2D eigenvalue weighted by Crippen LogP contribution is 2.28. The molecule has 0 aliphatic heterocycles. The van der Waals surface area contributed by atoms with Gasteiger partial charge in [-0.2, -0.15) is 0 Å². The van der Waals surface area contributed by atoms with Gasteiger partial charge in [0.25, 0.3) is 10.0 Å². The van der Waals surface area contributed by atoms with E-state index in [1.54, 1.807) is 19.1 Å². The number of aromatic hydroxyl groups is 1. The number of phenolic OH excluding ortho intramolecular Hbond substituents is 1. The zero-order valence-electron chi connectivity index (χ0n) is 10.1. The Morgan fingerprint density at radius 2 is 1.84 bits per heavy atom. The van der Waals surface area contributed by atoms with Crippen molar-refractivity contribution in [3.8, 4) is 5.75 Å². The summed E-state index contributed by atoms with van der Waals surface area (Å²) in [6.45, 7) is 1.66. The summed E-state index contributed by atoms with van der Waals surface area (Å²) in [6.07, 6.45) is 0. The van der Waals surface area contributed by atoms with Crippen LogP contribution in [0, 0.1) is 12.7 Å². The maximum Gasteiger partial charge on any atom is 0.262 e. The van der Waals surface area contributed by atoms with Crippen LogP contribution in [0.4, 0.5) is 10.1 Å². The van der Waals surface area contributed by atoms with E-state index in [0.717, 1.165) is 12.1 Å². The largest absolute Gasteiger partial charge is 0.506 e. The van der Waals surface area contributed by atoms with Crippen LogP contribution in [-0.2, 0) is 10.0 Å². The quantitative estimate of drug-likeness (QED) is 0.850. The number of nitrogens with one attached hydrogen (secondary N) is 1. The fourth-order valence-corrected chi connectivity index (χ4v) is 2.79. The van der Waals surface area contributed by atoms with Gasteiger partial charge < -0.3 is 5.11 Å². The molecular weight excluding hydrogens is 269 g/mol. The first kappa shape index (κ1) is 13.4. The lowest BCUT2D eigenvalue weighted by molar-refractivity contribution is 0.477. The summed E-state index contributed by atoms with van der Waals surface area (Å²) in [5, 5.41) is 9.66. The van der Waals surface area contributed by atoms with E-state index in [0.29, 0.717) is 5.56 Å². The molecule has 0 radical (unpaired) electrons. The highest BCUT2D eigenvalue weighted by atomic mass is 32.2. The molecule has 0 aliphatic rings. The molecule has 0 saturated heterocycles. The Bertz CT molecular complexity index is 693. The Hall–Kier alpha value is -2.08. The minimum atomic E-state index is -3.93. The van der Waals surface area contributed by atoms with Gasteiger partial charge in [0, 0.05) is 0 Å². The molecule has 100 valence electrons. The monoisotopic (exact) mass is 281 g/mol. The smallest absolute Gasteiger partial charge is 0.262 e. The first-order valence-corrected chi connectivity index (χ1v) is 6.95. The zero-order valence-corrected chi connectivity index (χ0v) is 10.9. The molecule has 6 heteroatoms. The Morgan fingerprint density at radius 3 is 2.47 bits per heavy atom. The van der Waals surface area contributed by atoms with E-state index in [4.69, 9.17) is 0 Å². The van der Waals surface area contributed by atoms with Crippen molar-refractivity contribution in [2.45, 2.75) is 11.8 Å². The first-order valence-electron chi connectivity index (χ1n) is 5.47. The normalized spacial score (nSPS) is 11.3. The van der Waals surface area contributed by atoms with Crippen molar-refractivity contribution in [3.63, 3.8) is 0 Å². The van der Waals surface area contributed by atoms with Crippen LogP contribution in [-0.4, -0.2) is 13.5 Å². The van der Waals surface area contributed by atoms with Crippen molar-refractivity contribution in [1.29, 1.82) is 0 Å². The van der Waals surface area contributed by atoms with Gasteiger partial charge in [-0.05, 0) is 36.8 Å². The molecule has 4 nitrogen and oxygen atoms in total. The summed E-state index contributed by atoms with van der Waals surface area (Å²) < 4.78 is 39.4. The van der Waals surface area contributed by atoms with E-state index in [1.807, 2.05) is 0 Å². The standard InChI is InChI=1S/C13H12FNO3S/c1-9-4-2-7-12(16)13(9)15-19(17,18)11-6-3-5-10(14)8-11/h2-8,15-16H,1H3. The van der Waals surface area contributed by atoms with Crippen molar-refractivity contribution < 1.29 is 17.9 Å². The SMILES string of the molecule is Cc1cccc(O)c1NS(=O)(=O)c1cccc(F)c1. The molecule has 0 aromatic heterocycles. The average molecular weight is 281 g/mol. The van der Waals surface area contributed by atoms with Crippen molar-refractivity contribution in [2.75, 3.05) is 4.72 Å². The number of hydrogen-bond donors (Lipinski definition) is 2. The van der Waals surface area contributed by atoms with Crippen LogP contribution < -0.4 is 4.72 Å². The maximum atomic E-state index is 13.1. The second-order valence-corrected chi connectivity index (χ2v) is 5.71. The molecule has 0 fully saturated rings. The van der Waals surface area contributed by atoms with E-state index in [-0.39, 0.29) is 16.3 Å². The van der Waals surface area contributed by atoms with Gasteiger partial charge in [-0.15, -0.1) is 0 Å². The Kier molecular flexibility index (Phi) is 3.44. The Labute approximate surface area is 110 Å². The van der Waals surface area contributed by atoms with Crippen molar-refractivity contribution in [2.24, 2.45) is 0 Å². The fourth-order valence-electron chi connectivity index (χ4n) is 1.61. The van der Waals surface area contributed by atoms with E-state index >= 15 is 0 Å². The predicted molar refractivity (Wildman–Crippen MR) is 70.1 cm³/mol. The Morgan fingerprint density at radius 1 is 1.16 bits per heavy atom. The number of benzene rings is 2. The summed E-state index contributed by atoms with van der Waals surface area (Å²) in [6, 6.07) is 9.29. The van der Waals surface area contributed by atoms with Crippen LogP contribution in [0.1, 0.15) is 5.56 Å². The van der Waals surface area contributed by atoms with Crippen LogP contribution >= 0.6 is 0 Å². The van der Waals surface area contributed by atoms with Gasteiger partial charge in [0.1, 0.15) is 11.6 Å². The number of phenols is 1. The Balaban J connectivity index is 2.42. The lowest BCUT2D eigenvalue weighted by Gasteiger charge is -2.12. The van der Waals surface area contributed by atoms with Gasteiger partial charge in [0.2, 0.25) is 0 Å². The first-order chi connectivity index (χ1) is 8.90. The molecule has 2 aromatic carbocycles. The average Bonchev–Trinajstić information content (AvgIpc) is 2.34. The number of anilines is 1. The third kappa shape index (κ3) is 2.85. The molecule has 2 N–H and O–H groups in total. The predicted octanol–water partition coefficient (Wildman–Crippen LogP) is 2.64. The highest BCUT2D eigenvalue weighted by molar-refractivity contribution is 7.92. The number of halogens is 1. The highest BCUT2D eigenvalue weighted by Gasteiger charge is 2.17. The van der Waals surface area contributed by atoms with Gasteiger partial charge in [-0.25, -0.2) is 12.8 Å². The fraction of sp³-hybridized carbons (Fsp3) is 0.0769. The lowest BCUT2D eigenvalue weighted by atomic mass is 10.2. The summed E-state index contributed by atoms with van der Waals surface area (Å²) >= 11 is 0. The van der Waals surface area contributed by atoms with Gasteiger partial charge in [0.15, 0.2) is 0 Å². The number of para-hydroxylation sites is 1. The van der Waals surface area contributed by atoms with E-state index < -0.39 is 15.8 Å². The molecule has 0 bridgehead atoms. The van der Waals surface area contributed by atoms with Crippen LogP contribution in [0.2, 0.25) is 0 Å². The number of aryl methyl sites for hydroxylation is 1. The van der Waals surface area contributed by atoms with E-state index in [9.17, 15) is 17.9 Å². The summed E-state index contributed by atoms with van der Waals surface area (Å²) in [7, 11) is -3.93. The minimum absolute atomic E-state index is 0.0896. The van der Waals surface area contributed by atoms with Gasteiger partial charge >= 0.3 is 0 Å². The molecule has 0 aliphatic carbocycles. The molecule has 0 heterocycles. The summed E-state index contributed by atoms with van der Waals surface area (Å²) in [4.78, 5) is -0.199. The minimum Gasteiger partial charge on any atom is -0.506 e. The molecule has 0 amide bonds. The molecule has 0 spiro atoms. The van der Waals surface area contributed by atoms with Crippen molar-refractivity contribution in [3.05, 3.63) is 53.8 Å². The molecular formula is C13H12FNO3S. The second kappa shape index (κ2) is 4.89. The van der Waals surface area contributed by atoms with Gasteiger partial charge in [0.05, 0.1) is 10.6 Å². The van der Waals surface area contributed by atoms with Crippen LogP contribution in [0.3, 0.4) is 0 Å². The summed E-state index contributed by atoms with van der Waals surface area (Å²) in [5.74, 6) is -0.822. The molecule has 2 aromatic rings. The van der Waals surface area contributed by atoms with Crippen LogP contribution in [0.25, 0.3) is 0 Å². The topological polar surface area (TPSA) is 66.4 Å². The van der Waals surface area contributed by atoms with Gasteiger partial charge in [-0.3, -0.25) is 4.72 Å². The van der Waals surface area contributed by atoms with Gasteiger partial charge in [-0.1, -0.05) is 18.2 Å².